The predicted octanol–water partition coefficient (Wildman–Crippen LogP) is 4.64. The standard InChI is InChI=1S/C25H26N2O5/c1-17(26-25(29)18-7-5-4-6-8-18)15-24(28)27-19-9-14-22(31-3)23(16-19)32-21-12-10-20(30-2)11-13-21/h4-14,16-17H,15H2,1-3H3,(H,26,29)(H,27,28). The molecule has 3 rings (SSSR count). The van der Waals surface area contributed by atoms with Crippen molar-refractivity contribution in [3.8, 4) is 23.0 Å². The summed E-state index contributed by atoms with van der Waals surface area (Å²) in [6.07, 6.45) is 0.124. The van der Waals surface area contributed by atoms with Gasteiger partial charge < -0.3 is 24.8 Å². The van der Waals surface area contributed by atoms with Crippen LogP contribution in [0.25, 0.3) is 0 Å². The molecule has 0 saturated carbocycles. The Labute approximate surface area is 187 Å². The zero-order valence-corrected chi connectivity index (χ0v) is 18.3. The minimum absolute atomic E-state index is 0.124. The topological polar surface area (TPSA) is 85.9 Å². The maximum Gasteiger partial charge on any atom is 0.251 e. The Balaban J connectivity index is 1.61. The van der Waals surface area contributed by atoms with Gasteiger partial charge in [0.1, 0.15) is 11.5 Å². The van der Waals surface area contributed by atoms with Crippen LogP contribution in [0.4, 0.5) is 5.69 Å². The molecule has 0 aliphatic carbocycles. The third-order valence-electron chi connectivity index (χ3n) is 4.64. The summed E-state index contributed by atoms with van der Waals surface area (Å²) in [5, 5.41) is 5.67. The number of hydrogen-bond acceptors (Lipinski definition) is 5. The maximum absolute atomic E-state index is 12.5. The van der Waals surface area contributed by atoms with Crippen LogP contribution in [0.1, 0.15) is 23.7 Å². The first kappa shape index (κ1) is 22.7. The molecule has 1 unspecified atom stereocenters. The third-order valence-corrected chi connectivity index (χ3v) is 4.64. The van der Waals surface area contributed by atoms with Gasteiger partial charge in [0.25, 0.3) is 5.91 Å². The van der Waals surface area contributed by atoms with Gasteiger partial charge in [0.2, 0.25) is 5.91 Å². The number of hydrogen-bond donors (Lipinski definition) is 2. The second-order valence-corrected chi connectivity index (χ2v) is 7.14. The molecule has 0 bridgehead atoms. The molecule has 0 fully saturated rings. The first-order valence-corrected chi connectivity index (χ1v) is 10.1. The fourth-order valence-corrected chi connectivity index (χ4v) is 3.04. The van der Waals surface area contributed by atoms with E-state index in [2.05, 4.69) is 10.6 Å². The number of carbonyl (C=O) groups is 2. The Morgan fingerprint density at radius 3 is 2.19 bits per heavy atom. The SMILES string of the molecule is COc1ccc(Oc2cc(NC(=O)CC(C)NC(=O)c3ccccc3)ccc2OC)cc1. The van der Waals surface area contributed by atoms with Gasteiger partial charge in [0, 0.05) is 29.8 Å². The molecule has 0 aromatic heterocycles. The van der Waals surface area contributed by atoms with E-state index < -0.39 is 0 Å². The Kier molecular flexibility index (Phi) is 7.70. The van der Waals surface area contributed by atoms with E-state index >= 15 is 0 Å². The lowest BCUT2D eigenvalue weighted by molar-refractivity contribution is -0.116. The molecule has 32 heavy (non-hydrogen) atoms. The van der Waals surface area contributed by atoms with Gasteiger partial charge in [-0.1, -0.05) is 18.2 Å². The van der Waals surface area contributed by atoms with Crippen LogP contribution in [0.5, 0.6) is 23.0 Å². The smallest absolute Gasteiger partial charge is 0.251 e. The highest BCUT2D eigenvalue weighted by molar-refractivity contribution is 5.95. The van der Waals surface area contributed by atoms with Crippen LogP contribution in [0.3, 0.4) is 0 Å². The second-order valence-electron chi connectivity index (χ2n) is 7.14. The fourth-order valence-electron chi connectivity index (χ4n) is 3.04. The van der Waals surface area contributed by atoms with Gasteiger partial charge in [-0.25, -0.2) is 0 Å². The van der Waals surface area contributed by atoms with Gasteiger partial charge in [0.05, 0.1) is 14.2 Å². The van der Waals surface area contributed by atoms with Crippen molar-refractivity contribution in [3.05, 3.63) is 78.4 Å². The molecule has 7 heteroatoms. The van der Waals surface area contributed by atoms with E-state index in [9.17, 15) is 9.59 Å². The molecule has 0 aliphatic heterocycles. The molecule has 3 aromatic carbocycles. The lowest BCUT2D eigenvalue weighted by Crippen LogP contribution is -2.35. The van der Waals surface area contributed by atoms with Crippen LogP contribution in [0, 0.1) is 0 Å². The van der Waals surface area contributed by atoms with Gasteiger partial charge in [0.15, 0.2) is 11.5 Å². The molecule has 0 aliphatic rings. The van der Waals surface area contributed by atoms with Crippen LogP contribution in [0.2, 0.25) is 0 Å². The van der Waals surface area contributed by atoms with Crippen LogP contribution in [-0.4, -0.2) is 32.1 Å². The van der Waals surface area contributed by atoms with E-state index in [4.69, 9.17) is 14.2 Å². The minimum atomic E-state index is -0.337. The molecule has 2 amide bonds. The summed E-state index contributed by atoms with van der Waals surface area (Å²) in [5.74, 6) is 1.86. The third kappa shape index (κ3) is 6.25. The van der Waals surface area contributed by atoms with Crippen molar-refractivity contribution in [1.29, 1.82) is 0 Å². The maximum atomic E-state index is 12.5. The van der Waals surface area contributed by atoms with Crippen molar-refractivity contribution in [2.45, 2.75) is 19.4 Å². The van der Waals surface area contributed by atoms with Gasteiger partial charge in [-0.2, -0.15) is 0 Å². The average molecular weight is 434 g/mol. The zero-order valence-electron chi connectivity index (χ0n) is 18.3. The average Bonchev–Trinajstić information content (AvgIpc) is 2.80. The molecule has 2 N–H and O–H groups in total. The lowest BCUT2D eigenvalue weighted by Gasteiger charge is -2.15. The normalized spacial score (nSPS) is 11.2. The summed E-state index contributed by atoms with van der Waals surface area (Å²) in [7, 11) is 3.14. The zero-order chi connectivity index (χ0) is 22.9. The number of anilines is 1. The van der Waals surface area contributed by atoms with E-state index in [0.717, 1.165) is 5.75 Å². The summed E-state index contributed by atoms with van der Waals surface area (Å²) < 4.78 is 16.4. The first-order chi connectivity index (χ1) is 15.5. The highest BCUT2D eigenvalue weighted by Crippen LogP contribution is 2.34. The van der Waals surface area contributed by atoms with Gasteiger partial charge in [-0.15, -0.1) is 0 Å². The Bertz CT molecular complexity index is 1050. The molecule has 0 spiro atoms. The highest BCUT2D eigenvalue weighted by atomic mass is 16.5. The molecule has 166 valence electrons. The molecule has 7 nitrogen and oxygen atoms in total. The molecular weight excluding hydrogens is 408 g/mol. The van der Waals surface area contributed by atoms with Crippen molar-refractivity contribution in [2.75, 3.05) is 19.5 Å². The van der Waals surface area contributed by atoms with E-state index in [1.807, 2.05) is 6.07 Å². The van der Waals surface area contributed by atoms with Crippen LogP contribution in [0.15, 0.2) is 72.8 Å². The summed E-state index contributed by atoms with van der Waals surface area (Å²) in [6, 6.07) is 20.8. The quantitative estimate of drug-likeness (QED) is 0.512. The first-order valence-electron chi connectivity index (χ1n) is 10.1. The van der Waals surface area contributed by atoms with Gasteiger partial charge in [-0.05, 0) is 55.5 Å². The number of amides is 2. The van der Waals surface area contributed by atoms with Crippen molar-refractivity contribution >= 4 is 17.5 Å². The molecule has 3 aromatic rings. The summed E-state index contributed by atoms with van der Waals surface area (Å²) in [5.41, 5.74) is 1.11. The van der Waals surface area contributed by atoms with Crippen molar-refractivity contribution in [3.63, 3.8) is 0 Å². The Morgan fingerprint density at radius 1 is 0.844 bits per heavy atom. The lowest BCUT2D eigenvalue weighted by atomic mass is 10.1. The number of ether oxygens (including phenoxy) is 3. The number of rotatable bonds is 9. The minimum Gasteiger partial charge on any atom is -0.497 e. The molecule has 0 radical (unpaired) electrons. The van der Waals surface area contributed by atoms with E-state index in [1.165, 1.54) is 0 Å². The Hall–Kier alpha value is -4.00. The van der Waals surface area contributed by atoms with Crippen LogP contribution >= 0.6 is 0 Å². The van der Waals surface area contributed by atoms with E-state index in [-0.39, 0.29) is 24.3 Å². The van der Waals surface area contributed by atoms with Gasteiger partial charge in [-0.3, -0.25) is 9.59 Å². The number of carbonyl (C=O) groups excluding carboxylic acids is 2. The summed E-state index contributed by atoms with van der Waals surface area (Å²) in [4.78, 5) is 24.7. The molecule has 0 saturated heterocycles. The number of benzene rings is 3. The van der Waals surface area contributed by atoms with Crippen molar-refractivity contribution < 1.29 is 23.8 Å². The van der Waals surface area contributed by atoms with Crippen LogP contribution in [-0.2, 0) is 4.79 Å². The van der Waals surface area contributed by atoms with Crippen LogP contribution < -0.4 is 24.8 Å². The highest BCUT2D eigenvalue weighted by Gasteiger charge is 2.15. The number of nitrogens with one attached hydrogen (secondary N) is 2. The summed E-state index contributed by atoms with van der Waals surface area (Å²) in [6.45, 7) is 1.78. The molecule has 0 heterocycles. The predicted molar refractivity (Wildman–Crippen MR) is 123 cm³/mol. The van der Waals surface area contributed by atoms with Crippen molar-refractivity contribution in [2.24, 2.45) is 0 Å². The van der Waals surface area contributed by atoms with Crippen molar-refractivity contribution in [1.82, 2.24) is 5.32 Å². The van der Waals surface area contributed by atoms with E-state index in [1.54, 1.807) is 87.9 Å². The van der Waals surface area contributed by atoms with Gasteiger partial charge >= 0.3 is 0 Å². The number of methoxy groups -OCH3 is 2. The van der Waals surface area contributed by atoms with E-state index in [0.29, 0.717) is 28.5 Å². The second kappa shape index (κ2) is 10.9. The summed E-state index contributed by atoms with van der Waals surface area (Å²) >= 11 is 0. The molecule has 1 atom stereocenters. The fraction of sp³-hybridized carbons (Fsp3) is 0.200. The Morgan fingerprint density at radius 2 is 1.53 bits per heavy atom. The largest absolute Gasteiger partial charge is 0.497 e. The monoisotopic (exact) mass is 434 g/mol. The molecular formula is C25H26N2O5.